The molecule has 0 fully saturated rings. The highest BCUT2D eigenvalue weighted by atomic mass is 16.2. The van der Waals surface area contributed by atoms with Gasteiger partial charge in [0.1, 0.15) is 5.69 Å². The van der Waals surface area contributed by atoms with Crippen LogP contribution >= 0.6 is 0 Å². The van der Waals surface area contributed by atoms with Crippen LogP contribution in [0.25, 0.3) is 0 Å². The normalized spacial score (nSPS) is 9.54. The van der Waals surface area contributed by atoms with Crippen LogP contribution in [0.1, 0.15) is 10.5 Å². The van der Waals surface area contributed by atoms with Crippen LogP contribution in [0.2, 0.25) is 0 Å². The van der Waals surface area contributed by atoms with Crippen molar-refractivity contribution in [2.24, 2.45) is 5.73 Å². The second-order valence-corrected chi connectivity index (χ2v) is 2.35. The minimum absolute atomic E-state index is 0.126. The molecule has 1 heterocycles. The maximum atomic E-state index is 11.2. The van der Waals surface area contributed by atoms with Gasteiger partial charge in [-0.05, 0) is 0 Å². The summed E-state index contributed by atoms with van der Waals surface area (Å²) in [6.45, 7) is -0.225. The molecule has 0 aromatic carbocycles. The van der Waals surface area contributed by atoms with Crippen LogP contribution in [0.5, 0.6) is 0 Å². The first-order chi connectivity index (χ1) is 6.11. The average molecular weight is 183 g/mol. The monoisotopic (exact) mass is 183 g/mol. The minimum atomic E-state index is -0.619. The number of carbonyl (C=O) groups is 2. The van der Waals surface area contributed by atoms with Gasteiger partial charge in [-0.15, -0.1) is 0 Å². The number of hydrogen-bond acceptors (Lipinski definition) is 4. The van der Waals surface area contributed by atoms with E-state index in [9.17, 15) is 9.59 Å². The molecular formula is C6H9N5O2. The Labute approximate surface area is 73.5 Å². The van der Waals surface area contributed by atoms with Crippen molar-refractivity contribution in [3.05, 3.63) is 11.9 Å². The van der Waals surface area contributed by atoms with Gasteiger partial charge in [-0.2, -0.15) is 5.10 Å². The van der Waals surface area contributed by atoms with E-state index in [1.54, 1.807) is 0 Å². The summed E-state index contributed by atoms with van der Waals surface area (Å²) in [6, 6.07) is 0. The number of nitrogens with zero attached hydrogens (tertiary/aromatic N) is 1. The first-order valence-electron chi connectivity index (χ1n) is 3.46. The third kappa shape index (κ3) is 2.19. The molecule has 0 aliphatic carbocycles. The summed E-state index contributed by atoms with van der Waals surface area (Å²) < 4.78 is 0. The Morgan fingerprint density at radius 3 is 2.77 bits per heavy atom. The van der Waals surface area contributed by atoms with Crippen LogP contribution in [0.15, 0.2) is 6.20 Å². The summed E-state index contributed by atoms with van der Waals surface area (Å²) >= 11 is 0. The molecule has 7 nitrogen and oxygen atoms in total. The van der Waals surface area contributed by atoms with Crippen molar-refractivity contribution in [2.45, 2.75) is 0 Å². The Hall–Kier alpha value is -2.05. The van der Waals surface area contributed by atoms with Gasteiger partial charge in [0.15, 0.2) is 0 Å². The van der Waals surface area contributed by atoms with Gasteiger partial charge < -0.3 is 16.8 Å². The lowest BCUT2D eigenvalue weighted by Gasteiger charge is -1.99. The zero-order valence-electron chi connectivity index (χ0n) is 6.70. The fraction of sp³-hybridized carbons (Fsp3) is 0.167. The zero-order valence-corrected chi connectivity index (χ0v) is 6.70. The van der Waals surface area contributed by atoms with Crippen LogP contribution < -0.4 is 16.8 Å². The standard InChI is InChI=1S/C6H9N5O2/c7-3-1-10-11-5(3)6(13)9-2-4(8)12/h1H,2,7H2,(H2,8,12)(H,9,13)(H,10,11). The van der Waals surface area contributed by atoms with Crippen molar-refractivity contribution in [3.8, 4) is 0 Å². The molecule has 0 spiro atoms. The molecule has 0 bridgehead atoms. The van der Waals surface area contributed by atoms with Crippen molar-refractivity contribution in [1.82, 2.24) is 15.5 Å². The Morgan fingerprint density at radius 2 is 2.31 bits per heavy atom. The molecule has 0 atom stereocenters. The molecule has 0 unspecified atom stereocenters. The van der Waals surface area contributed by atoms with E-state index in [2.05, 4.69) is 15.5 Å². The van der Waals surface area contributed by atoms with Crippen LogP contribution in [0.4, 0.5) is 5.69 Å². The number of nitrogens with two attached hydrogens (primary N) is 2. The van der Waals surface area contributed by atoms with Gasteiger partial charge in [-0.25, -0.2) is 0 Å². The molecule has 1 aromatic rings. The number of primary amides is 1. The molecule has 0 aliphatic rings. The number of H-pyrrole nitrogens is 1. The van der Waals surface area contributed by atoms with Gasteiger partial charge in [0, 0.05) is 0 Å². The van der Waals surface area contributed by atoms with Gasteiger partial charge in [0.25, 0.3) is 5.91 Å². The fourth-order valence-corrected chi connectivity index (χ4v) is 0.733. The number of nitrogen functional groups attached to an aromatic ring is 1. The molecule has 7 heteroatoms. The lowest BCUT2D eigenvalue weighted by molar-refractivity contribution is -0.117. The summed E-state index contributed by atoms with van der Waals surface area (Å²) in [6.07, 6.45) is 1.30. The highest BCUT2D eigenvalue weighted by Gasteiger charge is 2.11. The van der Waals surface area contributed by atoms with E-state index >= 15 is 0 Å². The van der Waals surface area contributed by atoms with Crippen molar-refractivity contribution < 1.29 is 9.59 Å². The van der Waals surface area contributed by atoms with Gasteiger partial charge in [0.05, 0.1) is 18.4 Å². The Bertz CT molecular complexity index is 332. The van der Waals surface area contributed by atoms with Crippen molar-refractivity contribution in [3.63, 3.8) is 0 Å². The first-order valence-corrected chi connectivity index (χ1v) is 3.46. The lowest BCUT2D eigenvalue weighted by Crippen LogP contribution is -2.33. The van der Waals surface area contributed by atoms with Crippen molar-refractivity contribution in [1.29, 1.82) is 0 Å². The second kappa shape index (κ2) is 3.57. The van der Waals surface area contributed by atoms with Gasteiger partial charge >= 0.3 is 0 Å². The lowest BCUT2D eigenvalue weighted by atomic mass is 10.3. The molecule has 6 N–H and O–H groups in total. The van der Waals surface area contributed by atoms with E-state index in [0.717, 1.165) is 0 Å². The van der Waals surface area contributed by atoms with Crippen molar-refractivity contribution >= 4 is 17.5 Å². The highest BCUT2D eigenvalue weighted by molar-refractivity contribution is 5.98. The maximum Gasteiger partial charge on any atom is 0.271 e. The van der Waals surface area contributed by atoms with Crippen LogP contribution in [0.3, 0.4) is 0 Å². The summed E-state index contributed by atoms with van der Waals surface area (Å²) in [7, 11) is 0. The van der Waals surface area contributed by atoms with Crippen LogP contribution in [0, 0.1) is 0 Å². The Kier molecular flexibility index (Phi) is 2.48. The number of amides is 2. The first kappa shape index (κ1) is 9.04. The molecule has 0 radical (unpaired) electrons. The zero-order chi connectivity index (χ0) is 9.84. The second-order valence-electron chi connectivity index (χ2n) is 2.35. The van der Waals surface area contributed by atoms with Crippen LogP contribution in [-0.4, -0.2) is 28.6 Å². The third-order valence-corrected chi connectivity index (χ3v) is 1.32. The fourth-order valence-electron chi connectivity index (χ4n) is 0.733. The molecule has 0 saturated carbocycles. The number of aromatic amines is 1. The Balaban J connectivity index is 2.59. The number of nitrogens with one attached hydrogen (secondary N) is 2. The number of rotatable bonds is 3. The SMILES string of the molecule is NC(=O)CNC(=O)c1[nH]ncc1N. The van der Waals surface area contributed by atoms with E-state index in [1.165, 1.54) is 6.20 Å². The summed E-state index contributed by atoms with van der Waals surface area (Å²) in [5.41, 5.74) is 10.5. The van der Waals surface area contributed by atoms with Gasteiger partial charge in [-0.1, -0.05) is 0 Å². The van der Waals surface area contributed by atoms with E-state index in [0.29, 0.717) is 0 Å². The predicted octanol–water partition coefficient (Wildman–Crippen LogP) is -1.79. The Morgan fingerprint density at radius 1 is 1.62 bits per heavy atom. The van der Waals surface area contributed by atoms with Crippen molar-refractivity contribution in [2.75, 3.05) is 12.3 Å². The molecule has 1 rings (SSSR count). The van der Waals surface area contributed by atoms with Gasteiger partial charge in [0.2, 0.25) is 5.91 Å². The van der Waals surface area contributed by atoms with E-state index < -0.39 is 11.8 Å². The van der Waals surface area contributed by atoms with E-state index in [-0.39, 0.29) is 17.9 Å². The smallest absolute Gasteiger partial charge is 0.271 e. The minimum Gasteiger partial charge on any atom is -0.396 e. The number of carbonyl (C=O) groups excluding carboxylic acids is 2. The molecule has 13 heavy (non-hydrogen) atoms. The third-order valence-electron chi connectivity index (χ3n) is 1.32. The summed E-state index contributed by atoms with van der Waals surface area (Å²) in [5, 5.41) is 8.19. The average Bonchev–Trinajstić information content (AvgIpc) is 2.47. The predicted molar refractivity (Wildman–Crippen MR) is 44.5 cm³/mol. The molecule has 1 aromatic heterocycles. The molecule has 2 amide bonds. The molecular weight excluding hydrogens is 174 g/mol. The number of aromatic nitrogens is 2. The van der Waals surface area contributed by atoms with E-state index in [4.69, 9.17) is 11.5 Å². The quantitative estimate of drug-likeness (QED) is 0.441. The molecule has 70 valence electrons. The number of hydrogen-bond donors (Lipinski definition) is 4. The molecule has 0 aliphatic heterocycles. The van der Waals surface area contributed by atoms with Crippen LogP contribution in [-0.2, 0) is 4.79 Å². The largest absolute Gasteiger partial charge is 0.396 e. The van der Waals surface area contributed by atoms with Gasteiger partial charge in [-0.3, -0.25) is 14.7 Å². The maximum absolute atomic E-state index is 11.2. The summed E-state index contributed by atoms with van der Waals surface area (Å²) in [4.78, 5) is 21.5. The highest BCUT2D eigenvalue weighted by Crippen LogP contribution is 2.04. The topological polar surface area (TPSA) is 127 Å². The van der Waals surface area contributed by atoms with E-state index in [1.807, 2.05) is 0 Å². The summed E-state index contributed by atoms with van der Waals surface area (Å²) in [5.74, 6) is -1.12. The number of anilines is 1. The molecule has 0 saturated heterocycles.